The molecule has 1 heterocycles. The van der Waals surface area contributed by atoms with Gasteiger partial charge in [0.2, 0.25) is 11.8 Å². The third-order valence-corrected chi connectivity index (χ3v) is 5.12. The number of halogens is 1. The number of hydrogen-bond acceptors (Lipinski definition) is 4. The van der Waals surface area contributed by atoms with Gasteiger partial charge in [-0.3, -0.25) is 9.59 Å². The van der Waals surface area contributed by atoms with Crippen molar-refractivity contribution in [1.29, 1.82) is 0 Å². The number of rotatable bonds is 7. The molecule has 1 unspecified atom stereocenters. The lowest BCUT2D eigenvalue weighted by molar-refractivity contribution is -0.140. The summed E-state index contributed by atoms with van der Waals surface area (Å²) in [6, 6.07) is 12.4. The number of fused-ring (bicyclic) bond motifs is 1. The van der Waals surface area contributed by atoms with Crippen LogP contribution in [0.2, 0.25) is 5.02 Å². The Kier molecular flexibility index (Phi) is 6.99. The third-order valence-electron chi connectivity index (χ3n) is 4.89. The molecule has 1 N–H and O–H groups in total. The highest BCUT2D eigenvalue weighted by molar-refractivity contribution is 6.30. The monoisotopic (exact) mass is 416 g/mol. The summed E-state index contributed by atoms with van der Waals surface area (Å²) in [7, 11) is 1.57. The predicted octanol–water partition coefficient (Wildman–Crippen LogP) is 3.21. The summed E-state index contributed by atoms with van der Waals surface area (Å²) in [5.41, 5.74) is 1.86. The summed E-state index contributed by atoms with van der Waals surface area (Å²) in [4.78, 5) is 26.8. The molecular weight excluding hydrogens is 392 g/mol. The lowest BCUT2D eigenvalue weighted by atomic mass is 10.1. The van der Waals surface area contributed by atoms with Crippen LogP contribution in [-0.2, 0) is 22.6 Å². The van der Waals surface area contributed by atoms with E-state index in [4.69, 9.17) is 21.1 Å². The van der Waals surface area contributed by atoms with Gasteiger partial charge in [0.15, 0.2) is 11.5 Å². The highest BCUT2D eigenvalue weighted by atomic mass is 35.5. The molecule has 1 aliphatic rings. The van der Waals surface area contributed by atoms with Gasteiger partial charge >= 0.3 is 0 Å². The van der Waals surface area contributed by atoms with Crippen molar-refractivity contribution in [2.24, 2.45) is 0 Å². The van der Waals surface area contributed by atoms with Crippen LogP contribution in [-0.4, -0.2) is 43.0 Å². The molecular formula is C22H25ClN2O4. The van der Waals surface area contributed by atoms with Gasteiger partial charge in [-0.15, -0.1) is 0 Å². The van der Waals surface area contributed by atoms with Crippen molar-refractivity contribution >= 4 is 23.4 Å². The maximum atomic E-state index is 13.0. The van der Waals surface area contributed by atoms with E-state index >= 15 is 0 Å². The fourth-order valence-corrected chi connectivity index (χ4v) is 3.47. The Morgan fingerprint density at radius 1 is 1.10 bits per heavy atom. The molecule has 0 aliphatic carbocycles. The van der Waals surface area contributed by atoms with Crippen molar-refractivity contribution in [3.8, 4) is 11.5 Å². The first-order valence-electron chi connectivity index (χ1n) is 9.62. The minimum absolute atomic E-state index is 0.101. The Bertz CT molecular complexity index is 887. The zero-order valence-corrected chi connectivity index (χ0v) is 17.4. The number of nitrogens with zero attached hydrogens (tertiary/aromatic N) is 1. The van der Waals surface area contributed by atoms with Crippen LogP contribution in [0.3, 0.4) is 0 Å². The van der Waals surface area contributed by atoms with Gasteiger partial charge in [-0.2, -0.15) is 0 Å². The SMILES string of the molecule is CNC(=O)C(C)N(Cc1cccc(Cl)c1)C(=O)CCc1ccc2c(c1)OCCO2. The van der Waals surface area contributed by atoms with E-state index in [0.717, 1.165) is 16.9 Å². The average Bonchev–Trinajstić information content (AvgIpc) is 2.74. The standard InChI is InChI=1S/C22H25ClN2O4/c1-15(22(27)24-2)25(14-17-4-3-5-18(23)12-17)21(26)9-7-16-6-8-19-20(13-16)29-11-10-28-19/h3-6,8,12-13,15H,7,9-11,14H2,1-2H3,(H,24,27). The molecule has 7 heteroatoms. The van der Waals surface area contributed by atoms with E-state index in [9.17, 15) is 9.59 Å². The first kappa shape index (κ1) is 21.0. The number of ether oxygens (including phenoxy) is 2. The zero-order chi connectivity index (χ0) is 20.8. The van der Waals surface area contributed by atoms with Crippen LogP contribution < -0.4 is 14.8 Å². The van der Waals surface area contributed by atoms with Crippen molar-refractivity contribution in [2.45, 2.75) is 32.4 Å². The molecule has 154 valence electrons. The molecule has 0 saturated heterocycles. The molecule has 6 nitrogen and oxygen atoms in total. The molecule has 0 radical (unpaired) electrons. The van der Waals surface area contributed by atoms with E-state index in [1.54, 1.807) is 31.0 Å². The maximum absolute atomic E-state index is 13.0. The predicted molar refractivity (Wildman–Crippen MR) is 111 cm³/mol. The molecule has 2 aromatic rings. The van der Waals surface area contributed by atoms with Gasteiger partial charge in [0.25, 0.3) is 0 Å². The van der Waals surface area contributed by atoms with Crippen LogP contribution >= 0.6 is 11.6 Å². The van der Waals surface area contributed by atoms with Gasteiger partial charge in [0.05, 0.1) is 0 Å². The molecule has 0 bridgehead atoms. The summed E-state index contributed by atoms with van der Waals surface area (Å²) in [5.74, 6) is 1.12. The Balaban J connectivity index is 1.71. The summed E-state index contributed by atoms with van der Waals surface area (Å²) >= 11 is 6.07. The fourth-order valence-electron chi connectivity index (χ4n) is 3.26. The van der Waals surface area contributed by atoms with E-state index in [1.165, 1.54) is 0 Å². The molecule has 0 aromatic heterocycles. The topological polar surface area (TPSA) is 67.9 Å². The molecule has 0 saturated carbocycles. The fraction of sp³-hybridized carbons (Fsp3) is 0.364. The summed E-state index contributed by atoms with van der Waals surface area (Å²) in [6.07, 6.45) is 0.823. The van der Waals surface area contributed by atoms with E-state index < -0.39 is 6.04 Å². The molecule has 2 amide bonds. The highest BCUT2D eigenvalue weighted by Crippen LogP contribution is 2.31. The average molecular weight is 417 g/mol. The van der Waals surface area contributed by atoms with Gasteiger partial charge in [-0.05, 0) is 48.7 Å². The lowest BCUT2D eigenvalue weighted by Crippen LogP contribution is -2.46. The second-order valence-electron chi connectivity index (χ2n) is 6.92. The van der Waals surface area contributed by atoms with Crippen LogP contribution in [0.25, 0.3) is 0 Å². The third kappa shape index (κ3) is 5.41. The van der Waals surface area contributed by atoms with E-state index in [2.05, 4.69) is 5.32 Å². The Labute approximate surface area is 175 Å². The summed E-state index contributed by atoms with van der Waals surface area (Å²) in [5, 5.41) is 3.21. The van der Waals surface area contributed by atoms with Crippen molar-refractivity contribution < 1.29 is 19.1 Å². The summed E-state index contributed by atoms with van der Waals surface area (Å²) < 4.78 is 11.1. The molecule has 0 fully saturated rings. The van der Waals surface area contributed by atoms with E-state index in [-0.39, 0.29) is 18.2 Å². The van der Waals surface area contributed by atoms with Crippen LogP contribution in [0.4, 0.5) is 0 Å². The minimum atomic E-state index is -0.591. The van der Waals surface area contributed by atoms with Crippen molar-refractivity contribution in [3.63, 3.8) is 0 Å². The largest absolute Gasteiger partial charge is 0.486 e. The van der Waals surface area contributed by atoms with Crippen molar-refractivity contribution in [1.82, 2.24) is 10.2 Å². The molecule has 29 heavy (non-hydrogen) atoms. The smallest absolute Gasteiger partial charge is 0.242 e. The number of benzene rings is 2. The normalized spacial score (nSPS) is 13.5. The number of carbonyl (C=O) groups excluding carboxylic acids is 2. The van der Waals surface area contributed by atoms with Crippen LogP contribution in [0, 0.1) is 0 Å². The summed E-state index contributed by atoms with van der Waals surface area (Å²) in [6.45, 7) is 3.10. The van der Waals surface area contributed by atoms with Gasteiger partial charge in [0, 0.05) is 25.0 Å². The maximum Gasteiger partial charge on any atom is 0.242 e. The van der Waals surface area contributed by atoms with Gasteiger partial charge in [-0.25, -0.2) is 0 Å². The number of nitrogens with one attached hydrogen (secondary N) is 1. The van der Waals surface area contributed by atoms with Crippen LogP contribution in [0.1, 0.15) is 24.5 Å². The number of likely N-dealkylation sites (N-methyl/N-ethyl adjacent to an activating group) is 1. The van der Waals surface area contributed by atoms with Crippen molar-refractivity contribution in [2.75, 3.05) is 20.3 Å². The number of amides is 2. The Morgan fingerprint density at radius 2 is 1.86 bits per heavy atom. The van der Waals surface area contributed by atoms with E-state index in [0.29, 0.717) is 37.0 Å². The Hall–Kier alpha value is -2.73. The lowest BCUT2D eigenvalue weighted by Gasteiger charge is -2.28. The van der Waals surface area contributed by atoms with E-state index in [1.807, 2.05) is 30.3 Å². The molecule has 1 atom stereocenters. The number of aryl methyl sites for hydroxylation is 1. The van der Waals surface area contributed by atoms with Gasteiger partial charge in [0.1, 0.15) is 19.3 Å². The highest BCUT2D eigenvalue weighted by Gasteiger charge is 2.25. The van der Waals surface area contributed by atoms with Gasteiger partial charge < -0.3 is 19.7 Å². The second kappa shape index (κ2) is 9.65. The van der Waals surface area contributed by atoms with Crippen LogP contribution in [0.15, 0.2) is 42.5 Å². The van der Waals surface area contributed by atoms with Gasteiger partial charge in [-0.1, -0.05) is 29.8 Å². The zero-order valence-electron chi connectivity index (χ0n) is 16.6. The van der Waals surface area contributed by atoms with Crippen LogP contribution in [0.5, 0.6) is 11.5 Å². The first-order chi connectivity index (χ1) is 14.0. The molecule has 3 rings (SSSR count). The Morgan fingerprint density at radius 3 is 2.59 bits per heavy atom. The quantitative estimate of drug-likeness (QED) is 0.752. The number of hydrogen-bond donors (Lipinski definition) is 1. The van der Waals surface area contributed by atoms with Crippen molar-refractivity contribution in [3.05, 3.63) is 58.6 Å². The molecule has 2 aromatic carbocycles. The second-order valence-corrected chi connectivity index (χ2v) is 7.36. The number of carbonyl (C=O) groups is 2. The minimum Gasteiger partial charge on any atom is -0.486 e. The molecule has 0 spiro atoms. The molecule has 1 aliphatic heterocycles. The first-order valence-corrected chi connectivity index (χ1v) is 9.99.